The normalized spacial score (nSPS) is 14.6. The van der Waals surface area contributed by atoms with Crippen LogP contribution in [0.5, 0.6) is 0 Å². The van der Waals surface area contributed by atoms with Gasteiger partial charge in [-0.05, 0) is 76.7 Å². The van der Waals surface area contributed by atoms with Crippen molar-refractivity contribution < 1.29 is 4.79 Å². The summed E-state index contributed by atoms with van der Waals surface area (Å²) in [4.78, 5) is 36.6. The fraction of sp³-hybridized carbons (Fsp3) is 0.522. The quantitative estimate of drug-likeness (QED) is 0.361. The summed E-state index contributed by atoms with van der Waals surface area (Å²) in [7, 11) is 4.07. The van der Waals surface area contributed by atoms with Crippen molar-refractivity contribution in [2.75, 3.05) is 20.6 Å². The van der Waals surface area contributed by atoms with Gasteiger partial charge in [0.15, 0.2) is 5.16 Å². The lowest BCUT2D eigenvalue weighted by atomic mass is 9.97. The SMILES string of the molecule is CC(Sc1nc2sc3c(c2c(=O)n1CCCN(C)C)CCCC3)C(=O)NCc1cccs1. The zero-order valence-corrected chi connectivity index (χ0v) is 21.3. The average Bonchev–Trinajstić information content (AvgIpc) is 3.41. The molecule has 0 bridgehead atoms. The summed E-state index contributed by atoms with van der Waals surface area (Å²) in [5.74, 6) is -0.0388. The number of thioether (sulfide) groups is 1. The Labute approximate surface area is 201 Å². The third-order valence-corrected chi connectivity index (χ3v) is 8.85. The molecule has 6 nitrogen and oxygen atoms in total. The number of carbonyl (C=O) groups is 1. The smallest absolute Gasteiger partial charge is 0.263 e. The molecule has 1 unspecified atom stereocenters. The van der Waals surface area contributed by atoms with Crippen LogP contribution in [0.3, 0.4) is 0 Å². The maximum atomic E-state index is 13.6. The largest absolute Gasteiger partial charge is 0.350 e. The van der Waals surface area contributed by atoms with Crippen LogP contribution in [-0.4, -0.2) is 46.2 Å². The molecule has 0 fully saturated rings. The Balaban J connectivity index is 1.60. The van der Waals surface area contributed by atoms with Crippen LogP contribution < -0.4 is 10.9 Å². The summed E-state index contributed by atoms with van der Waals surface area (Å²) >= 11 is 4.68. The molecule has 0 saturated heterocycles. The topological polar surface area (TPSA) is 67.2 Å². The molecular weight excluding hydrogens is 460 g/mol. The maximum absolute atomic E-state index is 13.6. The van der Waals surface area contributed by atoms with Crippen LogP contribution in [0.1, 0.15) is 41.5 Å². The first-order valence-electron chi connectivity index (χ1n) is 11.1. The van der Waals surface area contributed by atoms with Gasteiger partial charge in [0.05, 0.1) is 17.2 Å². The highest BCUT2D eigenvalue weighted by Crippen LogP contribution is 2.35. The number of nitrogens with one attached hydrogen (secondary N) is 1. The second-order valence-electron chi connectivity index (χ2n) is 8.46. The molecule has 0 radical (unpaired) electrons. The van der Waals surface area contributed by atoms with Gasteiger partial charge in [-0.1, -0.05) is 17.8 Å². The Hall–Kier alpha value is -1.68. The van der Waals surface area contributed by atoms with Gasteiger partial charge < -0.3 is 10.2 Å². The van der Waals surface area contributed by atoms with E-state index in [9.17, 15) is 9.59 Å². The number of aryl methyl sites for hydroxylation is 2. The van der Waals surface area contributed by atoms with E-state index in [-0.39, 0.29) is 16.7 Å². The van der Waals surface area contributed by atoms with Crippen molar-refractivity contribution in [3.05, 3.63) is 43.2 Å². The standard InChI is InChI=1S/C23H30N4O2S3/c1-15(20(28)24-14-16-8-6-13-30-16)31-23-25-21-19(17-9-4-5-10-18(17)32-21)22(29)27(23)12-7-11-26(2)3/h6,8,13,15H,4-5,7,9-12,14H2,1-3H3,(H,24,28). The van der Waals surface area contributed by atoms with Gasteiger partial charge in [-0.15, -0.1) is 22.7 Å². The molecule has 1 aliphatic rings. The predicted octanol–water partition coefficient (Wildman–Crippen LogP) is 4.15. The van der Waals surface area contributed by atoms with Crippen LogP contribution in [0, 0.1) is 0 Å². The van der Waals surface area contributed by atoms with E-state index in [0.717, 1.165) is 47.3 Å². The van der Waals surface area contributed by atoms with Gasteiger partial charge in [0, 0.05) is 16.3 Å². The van der Waals surface area contributed by atoms with E-state index < -0.39 is 0 Å². The Kier molecular flexibility index (Phi) is 7.70. The minimum absolute atomic E-state index is 0.0388. The van der Waals surface area contributed by atoms with Gasteiger partial charge in [0.1, 0.15) is 4.83 Å². The summed E-state index contributed by atoms with van der Waals surface area (Å²) in [6.45, 7) is 3.92. The first-order valence-corrected chi connectivity index (χ1v) is 13.7. The van der Waals surface area contributed by atoms with Crippen molar-refractivity contribution in [2.24, 2.45) is 0 Å². The summed E-state index contributed by atoms with van der Waals surface area (Å²) < 4.78 is 1.81. The van der Waals surface area contributed by atoms with E-state index in [1.807, 2.05) is 38.5 Å². The number of rotatable bonds is 9. The Morgan fingerprint density at radius 2 is 2.16 bits per heavy atom. The molecule has 1 atom stereocenters. The second-order valence-corrected chi connectivity index (χ2v) is 11.9. The first kappa shape index (κ1) is 23.5. The molecule has 0 saturated carbocycles. The monoisotopic (exact) mass is 490 g/mol. The van der Waals surface area contributed by atoms with Crippen LogP contribution in [-0.2, 0) is 30.7 Å². The molecule has 3 aromatic rings. The van der Waals surface area contributed by atoms with Gasteiger partial charge >= 0.3 is 0 Å². The van der Waals surface area contributed by atoms with Crippen LogP contribution >= 0.6 is 34.4 Å². The summed E-state index contributed by atoms with van der Waals surface area (Å²) in [5, 5.41) is 6.14. The Morgan fingerprint density at radius 3 is 2.91 bits per heavy atom. The van der Waals surface area contributed by atoms with Gasteiger partial charge in [0.2, 0.25) is 5.91 Å². The van der Waals surface area contributed by atoms with Crippen molar-refractivity contribution in [2.45, 2.75) is 62.5 Å². The van der Waals surface area contributed by atoms with Gasteiger partial charge in [-0.2, -0.15) is 0 Å². The highest BCUT2D eigenvalue weighted by atomic mass is 32.2. The highest BCUT2D eigenvalue weighted by molar-refractivity contribution is 8.00. The maximum Gasteiger partial charge on any atom is 0.263 e. The number of amides is 1. The van der Waals surface area contributed by atoms with E-state index >= 15 is 0 Å². The lowest BCUT2D eigenvalue weighted by Crippen LogP contribution is -2.31. The van der Waals surface area contributed by atoms with Crippen molar-refractivity contribution >= 4 is 50.6 Å². The molecule has 1 aliphatic carbocycles. The third-order valence-electron chi connectivity index (χ3n) is 5.70. The number of thiophene rings is 2. The van der Waals surface area contributed by atoms with Crippen molar-refractivity contribution in [1.82, 2.24) is 19.8 Å². The molecular formula is C23H30N4O2S3. The molecule has 0 spiro atoms. The van der Waals surface area contributed by atoms with E-state index in [1.165, 1.54) is 28.6 Å². The molecule has 9 heteroatoms. The molecule has 0 aromatic carbocycles. The molecule has 172 valence electrons. The number of nitrogens with zero attached hydrogens (tertiary/aromatic N) is 3. The molecule has 4 rings (SSSR count). The van der Waals surface area contributed by atoms with Crippen LogP contribution in [0.4, 0.5) is 0 Å². The molecule has 1 amide bonds. The Morgan fingerprint density at radius 1 is 1.34 bits per heavy atom. The van der Waals surface area contributed by atoms with E-state index in [4.69, 9.17) is 4.98 Å². The van der Waals surface area contributed by atoms with E-state index in [1.54, 1.807) is 27.2 Å². The number of carbonyl (C=O) groups excluding carboxylic acids is 1. The molecule has 3 heterocycles. The van der Waals surface area contributed by atoms with Crippen LogP contribution in [0.15, 0.2) is 27.5 Å². The highest BCUT2D eigenvalue weighted by Gasteiger charge is 2.24. The average molecular weight is 491 g/mol. The zero-order valence-electron chi connectivity index (χ0n) is 18.8. The zero-order chi connectivity index (χ0) is 22.7. The van der Waals surface area contributed by atoms with Crippen molar-refractivity contribution in [3.8, 4) is 0 Å². The minimum Gasteiger partial charge on any atom is -0.350 e. The molecule has 0 aliphatic heterocycles. The fourth-order valence-corrected chi connectivity index (χ4v) is 6.90. The summed E-state index contributed by atoms with van der Waals surface area (Å²) in [6, 6.07) is 4.00. The predicted molar refractivity (Wildman–Crippen MR) is 135 cm³/mol. The first-order chi connectivity index (χ1) is 15.4. The Bertz CT molecular complexity index is 1130. The van der Waals surface area contributed by atoms with Crippen molar-refractivity contribution in [3.63, 3.8) is 0 Å². The van der Waals surface area contributed by atoms with Gasteiger partial charge in [-0.25, -0.2) is 4.98 Å². The number of hydrogen-bond donors (Lipinski definition) is 1. The number of aromatic nitrogens is 2. The van der Waals surface area contributed by atoms with E-state index in [2.05, 4.69) is 10.2 Å². The number of fused-ring (bicyclic) bond motifs is 3. The summed E-state index contributed by atoms with van der Waals surface area (Å²) in [5.41, 5.74) is 1.27. The van der Waals surface area contributed by atoms with E-state index in [0.29, 0.717) is 18.2 Å². The molecule has 3 aromatic heterocycles. The van der Waals surface area contributed by atoms with Gasteiger partial charge in [0.25, 0.3) is 5.56 Å². The van der Waals surface area contributed by atoms with Crippen LogP contribution in [0.25, 0.3) is 10.2 Å². The van der Waals surface area contributed by atoms with Crippen molar-refractivity contribution in [1.29, 1.82) is 0 Å². The number of hydrogen-bond acceptors (Lipinski definition) is 7. The molecule has 1 N–H and O–H groups in total. The second kappa shape index (κ2) is 10.5. The molecule has 32 heavy (non-hydrogen) atoms. The lowest BCUT2D eigenvalue weighted by molar-refractivity contribution is -0.120. The van der Waals surface area contributed by atoms with Gasteiger partial charge in [-0.3, -0.25) is 14.2 Å². The third kappa shape index (κ3) is 5.27. The lowest BCUT2D eigenvalue weighted by Gasteiger charge is -2.17. The van der Waals surface area contributed by atoms with Crippen LogP contribution in [0.2, 0.25) is 0 Å². The fourth-order valence-electron chi connectivity index (χ4n) is 3.99. The minimum atomic E-state index is -0.339. The summed E-state index contributed by atoms with van der Waals surface area (Å²) in [6.07, 6.45) is 5.19.